The minimum Gasteiger partial charge on any atom is -0.465 e. The van der Waals surface area contributed by atoms with Gasteiger partial charge in [-0.2, -0.15) is 0 Å². The number of aromatic nitrogens is 2. The fourth-order valence-corrected chi connectivity index (χ4v) is 4.06. The van der Waals surface area contributed by atoms with Crippen molar-refractivity contribution in [1.29, 1.82) is 0 Å². The average Bonchev–Trinajstić information content (AvgIpc) is 3.10. The molecule has 0 saturated carbocycles. The van der Waals surface area contributed by atoms with E-state index in [1.54, 1.807) is 12.1 Å². The summed E-state index contributed by atoms with van der Waals surface area (Å²) in [6, 6.07) is 15.2. The highest BCUT2D eigenvalue weighted by atomic mass is 32.2. The molecule has 1 heterocycles. The van der Waals surface area contributed by atoms with Gasteiger partial charge in [0, 0.05) is 24.9 Å². The molecular weight excluding hydrogens is 416 g/mol. The number of hydrogen-bond acceptors (Lipinski definition) is 7. The predicted octanol–water partition coefficient (Wildman–Crippen LogP) is 2.13. The van der Waals surface area contributed by atoms with E-state index in [2.05, 4.69) is 10.3 Å². The summed E-state index contributed by atoms with van der Waals surface area (Å²) < 4.78 is 27.5. The average molecular weight is 439 g/mol. The molecule has 0 bridgehead atoms. The predicted molar refractivity (Wildman–Crippen MR) is 117 cm³/mol. The molecule has 1 aromatic heterocycles. The van der Waals surface area contributed by atoms with E-state index < -0.39 is 16.0 Å². The zero-order valence-corrected chi connectivity index (χ0v) is 17.8. The lowest BCUT2D eigenvalue weighted by Crippen LogP contribution is -2.23. The number of nitrogens with zero attached hydrogens (tertiary/aromatic N) is 2. The summed E-state index contributed by atoms with van der Waals surface area (Å²) in [5.74, 6) is 0.572. The van der Waals surface area contributed by atoms with Crippen molar-refractivity contribution in [3.63, 3.8) is 0 Å². The van der Waals surface area contributed by atoms with E-state index in [4.69, 9.17) is 14.9 Å². The van der Waals surface area contributed by atoms with E-state index >= 15 is 0 Å². The van der Waals surface area contributed by atoms with Crippen LogP contribution in [0, 0.1) is 0 Å². The Morgan fingerprint density at radius 1 is 1.16 bits per heavy atom. The van der Waals surface area contributed by atoms with E-state index in [-0.39, 0.29) is 12.3 Å². The van der Waals surface area contributed by atoms with E-state index in [0.717, 1.165) is 27.9 Å². The normalized spacial score (nSPS) is 12.2. The maximum absolute atomic E-state index is 11.9. The van der Waals surface area contributed by atoms with Gasteiger partial charge in [0.25, 0.3) is 0 Å². The van der Waals surface area contributed by atoms with Crippen molar-refractivity contribution in [2.75, 3.05) is 24.7 Å². The van der Waals surface area contributed by atoms with Gasteiger partial charge in [0.2, 0.25) is 10.0 Å². The molecule has 0 atom stereocenters. The van der Waals surface area contributed by atoms with Gasteiger partial charge in [-0.1, -0.05) is 36.4 Å². The van der Waals surface area contributed by atoms with Gasteiger partial charge in [-0.3, -0.25) is 0 Å². The molecule has 3 aromatic rings. The van der Waals surface area contributed by atoms with Gasteiger partial charge in [-0.25, -0.2) is 28.3 Å². The van der Waals surface area contributed by atoms with Crippen molar-refractivity contribution in [1.82, 2.24) is 9.97 Å². The highest BCUT2D eigenvalue weighted by Crippen LogP contribution is 2.40. The van der Waals surface area contributed by atoms with Gasteiger partial charge in [-0.15, -0.1) is 0 Å². The maximum Gasteiger partial charge on any atom is 0.337 e. The maximum atomic E-state index is 11.9. The lowest BCUT2D eigenvalue weighted by molar-refractivity contribution is 0.0600. The van der Waals surface area contributed by atoms with Gasteiger partial charge >= 0.3 is 5.97 Å². The van der Waals surface area contributed by atoms with Crippen molar-refractivity contribution in [3.05, 3.63) is 76.7 Å². The van der Waals surface area contributed by atoms with Gasteiger partial charge < -0.3 is 10.1 Å². The number of nitrogens with two attached hydrogens (primary N) is 1. The van der Waals surface area contributed by atoms with Gasteiger partial charge in [0.05, 0.1) is 24.1 Å². The first-order valence-electron chi connectivity index (χ1n) is 9.74. The Morgan fingerprint density at radius 3 is 2.65 bits per heavy atom. The van der Waals surface area contributed by atoms with Crippen LogP contribution < -0.4 is 10.5 Å². The summed E-state index contributed by atoms with van der Waals surface area (Å²) in [5, 5.41) is 8.25. The molecule has 0 spiro atoms. The third-order valence-electron chi connectivity index (χ3n) is 5.07. The molecule has 1 aliphatic carbocycles. The second-order valence-electron chi connectivity index (χ2n) is 7.31. The van der Waals surface area contributed by atoms with Crippen LogP contribution in [0.5, 0.6) is 0 Å². The number of primary sulfonamides is 1. The van der Waals surface area contributed by atoms with Crippen molar-refractivity contribution >= 4 is 21.8 Å². The van der Waals surface area contributed by atoms with E-state index in [9.17, 15) is 13.2 Å². The fourth-order valence-electron chi connectivity index (χ4n) is 3.68. The van der Waals surface area contributed by atoms with Crippen LogP contribution in [-0.2, 0) is 27.6 Å². The summed E-state index contributed by atoms with van der Waals surface area (Å²) in [6.45, 7) is 0.128. The quantitative estimate of drug-likeness (QED) is 0.424. The van der Waals surface area contributed by atoms with Crippen molar-refractivity contribution in [2.45, 2.75) is 12.8 Å². The largest absolute Gasteiger partial charge is 0.465 e. The molecule has 0 radical (unpaired) electrons. The second kappa shape index (κ2) is 8.44. The number of ether oxygens (including phenoxy) is 1. The Balaban J connectivity index is 1.72. The van der Waals surface area contributed by atoms with Crippen LogP contribution in [0.1, 0.15) is 33.0 Å². The standard InChI is InChI=1S/C22H22N4O4S/c1-30-22(27)15-7-8-17-16(12-15)13-18-20(17)21(24-9-10-31(23,28)29)26-19(25-18)11-14-5-3-2-4-6-14/h2-8,12H,9-11,13H2,1H3,(H2,23,28,29)(H,24,25,26). The number of sulfonamides is 1. The van der Waals surface area contributed by atoms with Gasteiger partial charge in [0.1, 0.15) is 11.6 Å². The lowest BCUT2D eigenvalue weighted by Gasteiger charge is -2.13. The molecule has 4 rings (SSSR count). The molecule has 0 fully saturated rings. The van der Waals surface area contributed by atoms with Gasteiger partial charge in [-0.05, 0) is 28.8 Å². The first kappa shape index (κ1) is 21.0. The van der Waals surface area contributed by atoms with E-state index in [0.29, 0.717) is 30.0 Å². The van der Waals surface area contributed by atoms with E-state index in [1.165, 1.54) is 7.11 Å². The Labute approximate surface area is 180 Å². The minimum atomic E-state index is -3.60. The first-order valence-corrected chi connectivity index (χ1v) is 11.5. The van der Waals surface area contributed by atoms with E-state index in [1.807, 2.05) is 36.4 Å². The zero-order chi connectivity index (χ0) is 22.0. The summed E-state index contributed by atoms with van der Waals surface area (Å²) >= 11 is 0. The van der Waals surface area contributed by atoms with Crippen molar-refractivity contribution in [2.24, 2.45) is 5.14 Å². The summed E-state index contributed by atoms with van der Waals surface area (Å²) in [4.78, 5) is 21.4. The number of hydrogen-bond donors (Lipinski definition) is 2. The number of nitrogens with one attached hydrogen (secondary N) is 1. The Hall–Kier alpha value is -3.30. The van der Waals surface area contributed by atoms with Crippen LogP contribution in [0.2, 0.25) is 0 Å². The third-order valence-corrected chi connectivity index (χ3v) is 5.84. The molecule has 1 aliphatic rings. The fraction of sp³-hybridized carbons (Fsp3) is 0.227. The molecular formula is C22H22N4O4S. The highest BCUT2D eigenvalue weighted by molar-refractivity contribution is 7.89. The molecule has 31 heavy (non-hydrogen) atoms. The number of anilines is 1. The summed E-state index contributed by atoms with van der Waals surface area (Å²) in [7, 11) is -2.26. The minimum absolute atomic E-state index is 0.128. The Kier molecular flexibility index (Phi) is 5.71. The SMILES string of the molecule is COC(=O)c1ccc2c(c1)Cc1nc(Cc3ccccc3)nc(NCCS(N)(=O)=O)c1-2. The second-order valence-corrected chi connectivity index (χ2v) is 9.04. The molecule has 0 amide bonds. The Morgan fingerprint density at radius 2 is 1.94 bits per heavy atom. The zero-order valence-electron chi connectivity index (χ0n) is 17.0. The van der Waals surface area contributed by atoms with Crippen LogP contribution in [0.4, 0.5) is 5.82 Å². The first-order chi connectivity index (χ1) is 14.8. The van der Waals surface area contributed by atoms with Gasteiger partial charge in [0.15, 0.2) is 0 Å². The molecule has 9 heteroatoms. The van der Waals surface area contributed by atoms with Crippen molar-refractivity contribution < 1.29 is 17.9 Å². The van der Waals surface area contributed by atoms with Crippen LogP contribution in [-0.4, -0.2) is 43.8 Å². The summed E-state index contributed by atoms with van der Waals surface area (Å²) in [6.07, 6.45) is 1.09. The Bertz CT molecular complexity index is 1240. The number of benzene rings is 2. The molecule has 0 aliphatic heterocycles. The van der Waals surface area contributed by atoms with Crippen molar-refractivity contribution in [3.8, 4) is 11.1 Å². The van der Waals surface area contributed by atoms with Crippen LogP contribution in [0.25, 0.3) is 11.1 Å². The number of rotatable bonds is 7. The molecule has 2 aromatic carbocycles. The molecule has 3 N–H and O–H groups in total. The lowest BCUT2D eigenvalue weighted by atomic mass is 10.0. The van der Waals surface area contributed by atoms with Crippen LogP contribution in [0.15, 0.2) is 48.5 Å². The smallest absolute Gasteiger partial charge is 0.337 e. The van der Waals surface area contributed by atoms with Crippen LogP contribution >= 0.6 is 0 Å². The number of esters is 1. The molecule has 8 nitrogen and oxygen atoms in total. The highest BCUT2D eigenvalue weighted by Gasteiger charge is 2.26. The monoisotopic (exact) mass is 438 g/mol. The number of carbonyl (C=O) groups excluding carboxylic acids is 1. The molecule has 0 unspecified atom stereocenters. The molecule has 160 valence electrons. The molecule has 0 saturated heterocycles. The number of fused-ring (bicyclic) bond motifs is 3. The number of carbonyl (C=O) groups is 1. The van der Waals surface area contributed by atoms with Crippen LogP contribution in [0.3, 0.4) is 0 Å². The number of methoxy groups -OCH3 is 1. The topological polar surface area (TPSA) is 124 Å². The third kappa shape index (κ3) is 4.73. The summed E-state index contributed by atoms with van der Waals surface area (Å²) in [5.41, 5.74) is 5.04.